The molecule has 0 unspecified atom stereocenters. The van der Waals surface area contributed by atoms with Gasteiger partial charge in [-0.1, -0.05) is 25.7 Å². The summed E-state index contributed by atoms with van der Waals surface area (Å²) in [6.07, 6.45) is 10.3. The third-order valence-electron chi connectivity index (χ3n) is 5.69. The van der Waals surface area contributed by atoms with Crippen LogP contribution in [0, 0.1) is 0 Å². The first-order valence-corrected chi connectivity index (χ1v) is 9.91. The molecule has 3 fully saturated rings. The highest BCUT2D eigenvalue weighted by Gasteiger charge is 2.40. The zero-order valence-electron chi connectivity index (χ0n) is 15.3. The number of carbonyl (C=O) groups excluding carboxylic acids is 1. The molecule has 3 aliphatic rings. The molecule has 4 rings (SSSR count). The van der Waals surface area contributed by atoms with Crippen molar-refractivity contribution in [2.24, 2.45) is 0 Å². The molecule has 7 heteroatoms. The standard InChI is InChI=1S/C19H28N4O3/c24-17(21-15-5-3-1-2-4-6-15)16-7-10-20-18(22-16)23-11-8-19(9-12-23)25-13-14-26-19/h7,10,15H,1-6,8-9,11-14H2,(H,21,24). The van der Waals surface area contributed by atoms with Gasteiger partial charge >= 0.3 is 0 Å². The monoisotopic (exact) mass is 360 g/mol. The maximum atomic E-state index is 12.6. The van der Waals surface area contributed by atoms with E-state index in [9.17, 15) is 4.79 Å². The van der Waals surface area contributed by atoms with Gasteiger partial charge in [-0.15, -0.1) is 0 Å². The lowest BCUT2D eigenvalue weighted by molar-refractivity contribution is -0.169. The summed E-state index contributed by atoms with van der Waals surface area (Å²) in [5, 5.41) is 3.16. The molecule has 142 valence electrons. The number of ether oxygens (including phenoxy) is 2. The Morgan fingerprint density at radius 2 is 1.81 bits per heavy atom. The van der Waals surface area contributed by atoms with E-state index in [4.69, 9.17) is 9.47 Å². The number of anilines is 1. The lowest BCUT2D eigenvalue weighted by Crippen LogP contribution is -2.45. The normalized spacial score (nSPS) is 23.8. The van der Waals surface area contributed by atoms with Crippen LogP contribution in [0.25, 0.3) is 0 Å². The highest BCUT2D eigenvalue weighted by molar-refractivity contribution is 5.92. The highest BCUT2D eigenvalue weighted by Crippen LogP contribution is 2.32. The molecule has 0 atom stereocenters. The SMILES string of the molecule is O=C(NC1CCCCCC1)c1ccnc(N2CCC3(CC2)OCCO3)n1. The highest BCUT2D eigenvalue weighted by atomic mass is 16.7. The number of hydrogen-bond acceptors (Lipinski definition) is 6. The molecule has 0 bridgehead atoms. The quantitative estimate of drug-likeness (QED) is 0.834. The van der Waals surface area contributed by atoms with E-state index in [1.54, 1.807) is 12.3 Å². The number of hydrogen-bond donors (Lipinski definition) is 1. The minimum absolute atomic E-state index is 0.0866. The second-order valence-electron chi connectivity index (χ2n) is 7.50. The maximum Gasteiger partial charge on any atom is 0.270 e. The molecular formula is C19H28N4O3. The minimum Gasteiger partial charge on any atom is -0.348 e. The summed E-state index contributed by atoms with van der Waals surface area (Å²) in [5.41, 5.74) is 0.452. The summed E-state index contributed by atoms with van der Waals surface area (Å²) < 4.78 is 11.5. The molecule has 7 nitrogen and oxygen atoms in total. The minimum atomic E-state index is -0.412. The van der Waals surface area contributed by atoms with Gasteiger partial charge in [0.15, 0.2) is 5.79 Å². The molecule has 1 aromatic rings. The predicted octanol–water partition coefficient (Wildman–Crippen LogP) is 2.27. The van der Waals surface area contributed by atoms with Crippen molar-refractivity contribution in [2.75, 3.05) is 31.2 Å². The molecule has 1 N–H and O–H groups in total. The maximum absolute atomic E-state index is 12.6. The van der Waals surface area contributed by atoms with Gasteiger partial charge in [-0.2, -0.15) is 0 Å². The smallest absolute Gasteiger partial charge is 0.270 e. The van der Waals surface area contributed by atoms with E-state index in [1.807, 2.05) is 0 Å². The topological polar surface area (TPSA) is 76.6 Å². The van der Waals surface area contributed by atoms with Crippen molar-refractivity contribution >= 4 is 11.9 Å². The van der Waals surface area contributed by atoms with E-state index >= 15 is 0 Å². The first-order valence-electron chi connectivity index (χ1n) is 9.91. The van der Waals surface area contributed by atoms with Gasteiger partial charge in [0.25, 0.3) is 5.91 Å². The second kappa shape index (κ2) is 7.88. The van der Waals surface area contributed by atoms with Crippen LogP contribution >= 0.6 is 0 Å². The number of nitrogens with one attached hydrogen (secondary N) is 1. The summed E-state index contributed by atoms with van der Waals surface area (Å²) in [4.78, 5) is 23.6. The zero-order chi connectivity index (χ0) is 17.8. The van der Waals surface area contributed by atoms with Crippen LogP contribution < -0.4 is 10.2 Å². The van der Waals surface area contributed by atoms with E-state index in [1.165, 1.54) is 25.7 Å². The Bertz CT molecular complexity index is 615. The number of amides is 1. The van der Waals surface area contributed by atoms with E-state index < -0.39 is 5.79 Å². The van der Waals surface area contributed by atoms with Crippen LogP contribution in [0.4, 0.5) is 5.95 Å². The van der Waals surface area contributed by atoms with Gasteiger partial charge in [0.1, 0.15) is 5.69 Å². The Balaban J connectivity index is 1.37. The summed E-state index contributed by atoms with van der Waals surface area (Å²) >= 11 is 0. The van der Waals surface area contributed by atoms with Gasteiger partial charge in [0, 0.05) is 38.2 Å². The van der Waals surface area contributed by atoms with Crippen LogP contribution in [0.1, 0.15) is 61.9 Å². The predicted molar refractivity (Wildman–Crippen MR) is 97.1 cm³/mol. The number of nitrogens with zero attached hydrogens (tertiary/aromatic N) is 3. The van der Waals surface area contributed by atoms with Crippen LogP contribution in [0.5, 0.6) is 0 Å². The summed E-state index contributed by atoms with van der Waals surface area (Å²) in [7, 11) is 0. The van der Waals surface area contributed by atoms with Crippen molar-refractivity contribution in [1.82, 2.24) is 15.3 Å². The van der Waals surface area contributed by atoms with Crippen LogP contribution in [0.15, 0.2) is 12.3 Å². The molecule has 1 aromatic heterocycles. The number of carbonyl (C=O) groups is 1. The Kier molecular flexibility index (Phi) is 5.36. The summed E-state index contributed by atoms with van der Waals surface area (Å²) in [6, 6.07) is 1.97. The van der Waals surface area contributed by atoms with Gasteiger partial charge in [0.05, 0.1) is 13.2 Å². The van der Waals surface area contributed by atoms with E-state index in [-0.39, 0.29) is 11.9 Å². The lowest BCUT2D eigenvalue weighted by atomic mass is 10.0. The van der Waals surface area contributed by atoms with Crippen LogP contribution in [0.2, 0.25) is 0 Å². The fourth-order valence-electron chi connectivity index (χ4n) is 4.14. The second-order valence-corrected chi connectivity index (χ2v) is 7.50. The molecule has 1 saturated carbocycles. The molecule has 26 heavy (non-hydrogen) atoms. The fraction of sp³-hybridized carbons (Fsp3) is 0.737. The summed E-state index contributed by atoms with van der Waals surface area (Å²) in [6.45, 7) is 2.89. The third-order valence-corrected chi connectivity index (χ3v) is 5.69. The first-order chi connectivity index (χ1) is 12.7. The lowest BCUT2D eigenvalue weighted by Gasteiger charge is -2.37. The van der Waals surface area contributed by atoms with Gasteiger partial charge < -0.3 is 19.7 Å². The van der Waals surface area contributed by atoms with Crippen molar-refractivity contribution in [3.8, 4) is 0 Å². The Morgan fingerprint density at radius 1 is 1.12 bits per heavy atom. The van der Waals surface area contributed by atoms with Gasteiger partial charge in [-0.3, -0.25) is 4.79 Å². The first kappa shape index (κ1) is 17.7. The van der Waals surface area contributed by atoms with Gasteiger partial charge in [-0.25, -0.2) is 9.97 Å². The molecule has 2 aliphatic heterocycles. The van der Waals surface area contributed by atoms with E-state index in [0.29, 0.717) is 24.9 Å². The van der Waals surface area contributed by atoms with Crippen molar-refractivity contribution in [3.05, 3.63) is 18.0 Å². The van der Waals surface area contributed by atoms with Crippen LogP contribution in [0.3, 0.4) is 0 Å². The van der Waals surface area contributed by atoms with Gasteiger partial charge in [0.2, 0.25) is 5.95 Å². The fourth-order valence-corrected chi connectivity index (χ4v) is 4.14. The number of rotatable bonds is 3. The zero-order valence-corrected chi connectivity index (χ0v) is 15.3. The molecule has 2 saturated heterocycles. The molecule has 1 spiro atoms. The van der Waals surface area contributed by atoms with Crippen molar-refractivity contribution in [2.45, 2.75) is 63.2 Å². The molecule has 1 amide bonds. The molecule has 0 radical (unpaired) electrons. The largest absolute Gasteiger partial charge is 0.348 e. The Hall–Kier alpha value is -1.73. The Labute approximate surface area is 154 Å². The van der Waals surface area contributed by atoms with Crippen molar-refractivity contribution < 1.29 is 14.3 Å². The van der Waals surface area contributed by atoms with E-state index in [2.05, 4.69) is 20.2 Å². The molecular weight excluding hydrogens is 332 g/mol. The number of piperidine rings is 1. The number of aromatic nitrogens is 2. The third kappa shape index (κ3) is 3.99. The molecule has 1 aliphatic carbocycles. The average molecular weight is 360 g/mol. The average Bonchev–Trinajstić information content (AvgIpc) is 2.97. The van der Waals surface area contributed by atoms with Gasteiger partial charge in [-0.05, 0) is 18.9 Å². The van der Waals surface area contributed by atoms with E-state index in [0.717, 1.165) is 38.8 Å². The molecule has 3 heterocycles. The summed E-state index contributed by atoms with van der Waals surface area (Å²) in [5.74, 6) is 0.119. The van der Waals surface area contributed by atoms with Crippen molar-refractivity contribution in [3.63, 3.8) is 0 Å². The van der Waals surface area contributed by atoms with Crippen LogP contribution in [-0.4, -0.2) is 54.0 Å². The molecule has 0 aromatic carbocycles. The van der Waals surface area contributed by atoms with Crippen molar-refractivity contribution in [1.29, 1.82) is 0 Å². The van der Waals surface area contributed by atoms with Crippen LogP contribution in [-0.2, 0) is 9.47 Å². The Morgan fingerprint density at radius 3 is 2.50 bits per heavy atom.